The molecule has 2 rings (SSSR count). The highest BCUT2D eigenvalue weighted by Crippen LogP contribution is 2.28. The first kappa shape index (κ1) is 14.6. The molecule has 0 radical (unpaired) electrons. The Bertz CT molecular complexity index is 409. The lowest BCUT2D eigenvalue weighted by molar-refractivity contribution is 0.185. The van der Waals surface area contributed by atoms with Gasteiger partial charge in [-0.1, -0.05) is 31.0 Å². The number of nitrogens with one attached hydrogen (secondary N) is 1. The summed E-state index contributed by atoms with van der Waals surface area (Å²) >= 11 is 6.30. The first-order valence-electron chi connectivity index (χ1n) is 7.01. The third-order valence-electron chi connectivity index (χ3n) is 3.65. The number of ether oxygens (including phenoxy) is 1. The Morgan fingerprint density at radius 2 is 2.32 bits per heavy atom. The molecule has 3 nitrogen and oxygen atoms in total. The van der Waals surface area contributed by atoms with E-state index in [1.807, 2.05) is 18.2 Å². The highest BCUT2D eigenvalue weighted by atomic mass is 35.5. The molecule has 0 amide bonds. The first-order chi connectivity index (χ1) is 9.24. The van der Waals surface area contributed by atoms with Gasteiger partial charge in [-0.25, -0.2) is 0 Å². The number of nitrogens with zero attached hydrogens (tertiary/aromatic N) is 1. The fraction of sp³-hybridized carbons (Fsp3) is 0.600. The zero-order chi connectivity index (χ0) is 13.7. The minimum atomic E-state index is 0.604. The van der Waals surface area contributed by atoms with Gasteiger partial charge in [0.2, 0.25) is 0 Å². The van der Waals surface area contributed by atoms with Gasteiger partial charge in [-0.05, 0) is 18.6 Å². The lowest BCUT2D eigenvalue weighted by atomic mass is 10.1. The average molecular weight is 283 g/mol. The number of rotatable bonds is 5. The van der Waals surface area contributed by atoms with Gasteiger partial charge in [0.1, 0.15) is 5.75 Å². The van der Waals surface area contributed by atoms with Crippen molar-refractivity contribution in [1.29, 1.82) is 0 Å². The Labute approximate surface area is 120 Å². The Morgan fingerprint density at radius 3 is 3.05 bits per heavy atom. The van der Waals surface area contributed by atoms with Crippen LogP contribution in [0.2, 0.25) is 5.02 Å². The van der Waals surface area contributed by atoms with Gasteiger partial charge in [-0.3, -0.25) is 4.90 Å². The summed E-state index contributed by atoms with van der Waals surface area (Å²) < 4.78 is 5.42. The molecule has 1 N–H and O–H groups in total. The zero-order valence-electron chi connectivity index (χ0n) is 11.8. The van der Waals surface area contributed by atoms with Gasteiger partial charge < -0.3 is 10.1 Å². The molecule has 0 bridgehead atoms. The predicted molar refractivity (Wildman–Crippen MR) is 80.0 cm³/mol. The molecule has 1 heterocycles. The van der Waals surface area contributed by atoms with E-state index in [-0.39, 0.29) is 0 Å². The van der Waals surface area contributed by atoms with Crippen molar-refractivity contribution >= 4 is 11.6 Å². The molecule has 1 aromatic carbocycles. The van der Waals surface area contributed by atoms with Crippen molar-refractivity contribution in [2.45, 2.75) is 32.4 Å². The van der Waals surface area contributed by atoms with E-state index >= 15 is 0 Å². The molecular formula is C15H23ClN2O. The fourth-order valence-electron chi connectivity index (χ4n) is 2.69. The monoisotopic (exact) mass is 282 g/mol. The number of benzene rings is 1. The minimum Gasteiger partial charge on any atom is -0.496 e. The van der Waals surface area contributed by atoms with E-state index in [1.54, 1.807) is 7.11 Å². The Balaban J connectivity index is 2.04. The van der Waals surface area contributed by atoms with Gasteiger partial charge in [0.15, 0.2) is 0 Å². The van der Waals surface area contributed by atoms with Crippen LogP contribution in [0.4, 0.5) is 0 Å². The lowest BCUT2D eigenvalue weighted by Gasteiger charge is -2.34. The van der Waals surface area contributed by atoms with Gasteiger partial charge in [0, 0.05) is 42.8 Å². The second-order valence-electron chi connectivity index (χ2n) is 5.10. The third-order valence-corrected chi connectivity index (χ3v) is 4.01. The first-order valence-corrected chi connectivity index (χ1v) is 7.39. The van der Waals surface area contributed by atoms with Crippen LogP contribution in [0.5, 0.6) is 5.75 Å². The summed E-state index contributed by atoms with van der Waals surface area (Å²) in [4.78, 5) is 2.46. The molecule has 1 aliphatic rings. The lowest BCUT2D eigenvalue weighted by Crippen LogP contribution is -2.50. The molecule has 1 fully saturated rings. The fourth-order valence-corrected chi connectivity index (χ4v) is 2.91. The normalized spacial score (nSPS) is 20.5. The van der Waals surface area contributed by atoms with Crippen molar-refractivity contribution in [1.82, 2.24) is 10.2 Å². The molecule has 4 heteroatoms. The van der Waals surface area contributed by atoms with E-state index in [1.165, 1.54) is 12.8 Å². The van der Waals surface area contributed by atoms with Crippen LogP contribution in [0.25, 0.3) is 0 Å². The molecule has 1 aliphatic heterocycles. The third kappa shape index (κ3) is 3.85. The van der Waals surface area contributed by atoms with Gasteiger partial charge >= 0.3 is 0 Å². The maximum Gasteiger partial charge on any atom is 0.124 e. The second kappa shape index (κ2) is 7.13. The van der Waals surface area contributed by atoms with Gasteiger partial charge in [-0.15, -0.1) is 0 Å². The smallest absolute Gasteiger partial charge is 0.124 e. The van der Waals surface area contributed by atoms with Crippen LogP contribution >= 0.6 is 11.6 Å². The zero-order valence-corrected chi connectivity index (χ0v) is 12.5. The molecule has 1 atom stereocenters. The number of halogens is 1. The van der Waals surface area contributed by atoms with Gasteiger partial charge in [-0.2, -0.15) is 0 Å². The topological polar surface area (TPSA) is 24.5 Å². The van der Waals surface area contributed by atoms with E-state index < -0.39 is 0 Å². The van der Waals surface area contributed by atoms with E-state index in [4.69, 9.17) is 16.3 Å². The molecule has 1 unspecified atom stereocenters. The molecule has 0 aliphatic carbocycles. The number of piperazine rings is 1. The maximum absolute atomic E-state index is 6.30. The molecule has 0 spiro atoms. The van der Waals surface area contributed by atoms with Crippen LogP contribution in [0.3, 0.4) is 0 Å². The van der Waals surface area contributed by atoms with Crippen LogP contribution in [0.15, 0.2) is 18.2 Å². The molecule has 0 saturated carbocycles. The summed E-state index contributed by atoms with van der Waals surface area (Å²) in [6.07, 6.45) is 2.46. The summed E-state index contributed by atoms with van der Waals surface area (Å²) in [7, 11) is 1.70. The van der Waals surface area contributed by atoms with E-state index in [0.29, 0.717) is 6.04 Å². The highest BCUT2D eigenvalue weighted by Gasteiger charge is 2.20. The molecule has 1 aromatic rings. The Kier molecular flexibility index (Phi) is 5.49. The average Bonchev–Trinajstić information content (AvgIpc) is 2.42. The second-order valence-corrected chi connectivity index (χ2v) is 5.50. The summed E-state index contributed by atoms with van der Waals surface area (Å²) in [6, 6.07) is 6.45. The standard InChI is InChI=1S/C15H23ClN2O/c1-3-5-12-10-18(9-8-17-12)11-13-14(16)6-4-7-15(13)19-2/h4,6-7,12,17H,3,5,8-11H2,1-2H3. The van der Waals surface area contributed by atoms with Crippen LogP contribution in [0.1, 0.15) is 25.3 Å². The molecular weight excluding hydrogens is 260 g/mol. The Hall–Kier alpha value is -0.770. The van der Waals surface area contributed by atoms with Crippen molar-refractivity contribution in [3.63, 3.8) is 0 Å². The quantitative estimate of drug-likeness (QED) is 0.899. The Morgan fingerprint density at radius 1 is 1.47 bits per heavy atom. The van der Waals surface area contributed by atoms with Crippen molar-refractivity contribution in [2.75, 3.05) is 26.7 Å². The molecule has 1 saturated heterocycles. The molecule has 106 valence electrons. The number of methoxy groups -OCH3 is 1. The summed E-state index contributed by atoms with van der Waals surface area (Å²) in [5.74, 6) is 0.887. The maximum atomic E-state index is 6.30. The van der Waals surface area contributed by atoms with Crippen molar-refractivity contribution in [2.24, 2.45) is 0 Å². The van der Waals surface area contributed by atoms with E-state index in [9.17, 15) is 0 Å². The van der Waals surface area contributed by atoms with Crippen molar-refractivity contribution in [3.8, 4) is 5.75 Å². The predicted octanol–water partition coefficient (Wildman–Crippen LogP) is 2.92. The largest absolute Gasteiger partial charge is 0.496 e. The number of hydrogen-bond donors (Lipinski definition) is 1. The van der Waals surface area contributed by atoms with Crippen LogP contribution in [0, 0.1) is 0 Å². The van der Waals surface area contributed by atoms with Gasteiger partial charge in [0.25, 0.3) is 0 Å². The van der Waals surface area contributed by atoms with Gasteiger partial charge in [0.05, 0.1) is 7.11 Å². The minimum absolute atomic E-state index is 0.604. The highest BCUT2D eigenvalue weighted by molar-refractivity contribution is 6.31. The summed E-state index contributed by atoms with van der Waals surface area (Å²) in [5.41, 5.74) is 1.10. The molecule has 0 aromatic heterocycles. The SMILES string of the molecule is CCCC1CN(Cc2c(Cl)cccc2OC)CCN1. The van der Waals surface area contributed by atoms with Crippen molar-refractivity contribution in [3.05, 3.63) is 28.8 Å². The van der Waals surface area contributed by atoms with Crippen LogP contribution in [-0.4, -0.2) is 37.7 Å². The van der Waals surface area contributed by atoms with E-state index in [2.05, 4.69) is 17.1 Å². The van der Waals surface area contributed by atoms with Crippen LogP contribution < -0.4 is 10.1 Å². The van der Waals surface area contributed by atoms with Crippen molar-refractivity contribution < 1.29 is 4.74 Å². The summed E-state index contributed by atoms with van der Waals surface area (Å²) in [5, 5.41) is 4.37. The summed E-state index contributed by atoms with van der Waals surface area (Å²) in [6.45, 7) is 6.30. The molecule has 19 heavy (non-hydrogen) atoms. The number of hydrogen-bond acceptors (Lipinski definition) is 3. The van der Waals surface area contributed by atoms with Crippen LogP contribution in [-0.2, 0) is 6.54 Å². The van der Waals surface area contributed by atoms with E-state index in [0.717, 1.165) is 42.5 Å².